The van der Waals surface area contributed by atoms with Crippen molar-refractivity contribution in [1.82, 2.24) is 4.98 Å². The van der Waals surface area contributed by atoms with Crippen LogP contribution < -0.4 is 4.74 Å². The largest absolute Gasteiger partial charge is 0.456 e. The van der Waals surface area contributed by atoms with Crippen LogP contribution in [0.15, 0.2) is 176 Å². The molecule has 2 heterocycles. The molecule has 0 saturated carbocycles. The number of rotatable bonds is 5. The zero-order chi connectivity index (χ0) is 31.2. The molecule has 0 unspecified atom stereocenters. The molecule has 0 spiro atoms. The first-order chi connectivity index (χ1) is 23.3. The number of hydrogen-bond acceptors (Lipinski definition) is 2. The quantitative estimate of drug-likeness (QED) is 0.196. The van der Waals surface area contributed by atoms with E-state index in [9.17, 15) is 0 Å². The van der Waals surface area contributed by atoms with Crippen molar-refractivity contribution in [2.45, 2.75) is 0 Å². The molecule has 8 aromatic rings. The maximum absolute atomic E-state index is 6.31. The fourth-order valence-corrected chi connectivity index (χ4v) is 6.74. The second-order valence-corrected chi connectivity index (χ2v) is 12.0. The molecule has 0 amide bonds. The molecular formula is C45H29NO. The Kier molecular flexibility index (Phi) is 6.50. The van der Waals surface area contributed by atoms with Crippen LogP contribution in [0.1, 0.15) is 0 Å². The molecule has 0 saturated heterocycles. The van der Waals surface area contributed by atoms with E-state index >= 15 is 0 Å². The molecule has 220 valence electrons. The molecule has 0 atom stereocenters. The fourth-order valence-electron chi connectivity index (χ4n) is 6.74. The minimum absolute atomic E-state index is 0.910. The van der Waals surface area contributed by atoms with Gasteiger partial charge in [0, 0.05) is 22.1 Å². The lowest BCUT2D eigenvalue weighted by molar-refractivity contribution is 0.487. The molecule has 1 aliphatic heterocycles. The standard InChI is InChI=1S/C45H29NO/c1-3-10-34(11-4-1)41-28-36(29-42(46-41)35-12-5-2-6-13-35)32-20-18-30(19-21-32)31-22-24-33(25-23-31)37-26-27-44-45-39(37)15-9-16-40(45)38-14-7-8-17-43(38)47-44/h1-29H. The second-order valence-electron chi connectivity index (χ2n) is 12.0. The summed E-state index contributed by atoms with van der Waals surface area (Å²) in [6.07, 6.45) is 0. The van der Waals surface area contributed by atoms with Gasteiger partial charge in [-0.05, 0) is 68.6 Å². The first-order valence-electron chi connectivity index (χ1n) is 16.0. The third kappa shape index (κ3) is 4.88. The average Bonchev–Trinajstić information content (AvgIpc) is 3.16. The van der Waals surface area contributed by atoms with E-state index in [1.807, 2.05) is 24.3 Å². The third-order valence-electron chi connectivity index (χ3n) is 9.11. The van der Waals surface area contributed by atoms with Gasteiger partial charge in [0.05, 0.1) is 11.4 Å². The number of hydrogen-bond donors (Lipinski definition) is 0. The van der Waals surface area contributed by atoms with E-state index < -0.39 is 0 Å². The lowest BCUT2D eigenvalue weighted by Gasteiger charge is -2.22. The van der Waals surface area contributed by atoms with E-state index in [2.05, 4.69) is 152 Å². The maximum atomic E-state index is 6.31. The summed E-state index contributed by atoms with van der Waals surface area (Å²) in [7, 11) is 0. The highest BCUT2D eigenvalue weighted by molar-refractivity contribution is 6.09. The number of benzene rings is 7. The topological polar surface area (TPSA) is 22.1 Å². The maximum Gasteiger partial charge on any atom is 0.135 e. The summed E-state index contributed by atoms with van der Waals surface area (Å²) in [4.78, 5) is 5.04. The van der Waals surface area contributed by atoms with Crippen LogP contribution >= 0.6 is 0 Å². The fraction of sp³-hybridized carbons (Fsp3) is 0. The molecule has 47 heavy (non-hydrogen) atoms. The van der Waals surface area contributed by atoms with Gasteiger partial charge in [-0.15, -0.1) is 0 Å². The van der Waals surface area contributed by atoms with Crippen LogP contribution in [-0.2, 0) is 0 Å². The molecule has 2 nitrogen and oxygen atoms in total. The molecule has 0 aliphatic carbocycles. The molecule has 9 rings (SSSR count). The van der Waals surface area contributed by atoms with E-state index in [1.54, 1.807) is 0 Å². The van der Waals surface area contributed by atoms with Crippen LogP contribution in [0, 0.1) is 0 Å². The summed E-state index contributed by atoms with van der Waals surface area (Å²) in [5.41, 5.74) is 13.6. The summed E-state index contributed by atoms with van der Waals surface area (Å²) in [5, 5.41) is 2.37. The van der Waals surface area contributed by atoms with Crippen LogP contribution in [0.5, 0.6) is 11.5 Å². The Morgan fingerprint density at radius 2 is 0.851 bits per heavy atom. The van der Waals surface area contributed by atoms with Crippen LogP contribution in [0.25, 0.3) is 77.8 Å². The predicted molar refractivity (Wildman–Crippen MR) is 194 cm³/mol. The molecule has 1 aliphatic rings. The summed E-state index contributed by atoms with van der Waals surface area (Å²) >= 11 is 0. The van der Waals surface area contributed by atoms with E-state index in [0.717, 1.165) is 50.7 Å². The number of para-hydroxylation sites is 1. The number of ether oxygens (including phenoxy) is 1. The lowest BCUT2D eigenvalue weighted by Crippen LogP contribution is -1.97. The molecule has 0 N–H and O–H groups in total. The van der Waals surface area contributed by atoms with Gasteiger partial charge in [-0.2, -0.15) is 0 Å². The van der Waals surface area contributed by atoms with Crippen molar-refractivity contribution in [2.75, 3.05) is 0 Å². The smallest absolute Gasteiger partial charge is 0.135 e. The summed E-state index contributed by atoms with van der Waals surface area (Å²) in [6, 6.07) is 62.0. The molecule has 0 bridgehead atoms. The average molecular weight is 600 g/mol. The lowest BCUT2D eigenvalue weighted by atomic mass is 9.90. The Morgan fingerprint density at radius 1 is 0.319 bits per heavy atom. The highest BCUT2D eigenvalue weighted by atomic mass is 16.5. The van der Waals surface area contributed by atoms with Crippen molar-refractivity contribution in [3.05, 3.63) is 176 Å². The Hall–Kier alpha value is -6.25. The van der Waals surface area contributed by atoms with Crippen molar-refractivity contribution >= 4 is 10.8 Å². The van der Waals surface area contributed by atoms with Gasteiger partial charge in [0.15, 0.2) is 0 Å². The van der Waals surface area contributed by atoms with Crippen molar-refractivity contribution in [3.63, 3.8) is 0 Å². The van der Waals surface area contributed by atoms with E-state index in [1.165, 1.54) is 38.6 Å². The van der Waals surface area contributed by atoms with Gasteiger partial charge >= 0.3 is 0 Å². The number of pyridine rings is 1. The molecule has 2 heteroatoms. The van der Waals surface area contributed by atoms with Gasteiger partial charge in [0.25, 0.3) is 0 Å². The molecule has 7 aromatic carbocycles. The normalized spacial score (nSPS) is 11.6. The van der Waals surface area contributed by atoms with Crippen molar-refractivity contribution in [2.24, 2.45) is 0 Å². The number of aromatic nitrogens is 1. The van der Waals surface area contributed by atoms with Gasteiger partial charge in [0.2, 0.25) is 0 Å². The summed E-state index contributed by atoms with van der Waals surface area (Å²) < 4.78 is 6.31. The van der Waals surface area contributed by atoms with Crippen LogP contribution in [0.2, 0.25) is 0 Å². The van der Waals surface area contributed by atoms with Gasteiger partial charge < -0.3 is 4.74 Å². The third-order valence-corrected chi connectivity index (χ3v) is 9.11. The van der Waals surface area contributed by atoms with Crippen molar-refractivity contribution in [3.8, 4) is 78.5 Å². The van der Waals surface area contributed by atoms with E-state index in [-0.39, 0.29) is 0 Å². The Labute approximate surface area is 274 Å². The van der Waals surface area contributed by atoms with Crippen LogP contribution in [0.4, 0.5) is 0 Å². The van der Waals surface area contributed by atoms with Crippen LogP contribution in [-0.4, -0.2) is 4.98 Å². The minimum atomic E-state index is 0.910. The molecule has 0 radical (unpaired) electrons. The zero-order valence-corrected chi connectivity index (χ0v) is 25.6. The Bertz CT molecular complexity index is 2340. The number of nitrogens with zero attached hydrogens (tertiary/aromatic N) is 1. The monoisotopic (exact) mass is 599 g/mol. The van der Waals surface area contributed by atoms with Crippen molar-refractivity contribution < 1.29 is 4.74 Å². The van der Waals surface area contributed by atoms with E-state index in [0.29, 0.717) is 0 Å². The predicted octanol–water partition coefficient (Wildman–Crippen LogP) is 12.3. The zero-order valence-electron chi connectivity index (χ0n) is 25.6. The Morgan fingerprint density at radius 3 is 1.49 bits per heavy atom. The first-order valence-corrected chi connectivity index (χ1v) is 16.0. The highest BCUT2D eigenvalue weighted by Gasteiger charge is 2.21. The SMILES string of the molecule is c1ccc(-c2cc(-c3ccc(-c4ccc(-c5ccc6c7c(cccc57)-c5ccccc5O6)cc4)cc3)cc(-c3ccccc3)n2)cc1. The molecule has 0 fully saturated rings. The second kappa shape index (κ2) is 11.3. The molecule has 1 aromatic heterocycles. The first kappa shape index (κ1) is 27.1. The highest BCUT2D eigenvalue weighted by Crippen LogP contribution is 2.48. The van der Waals surface area contributed by atoms with Gasteiger partial charge in [0.1, 0.15) is 11.5 Å². The van der Waals surface area contributed by atoms with E-state index in [4.69, 9.17) is 9.72 Å². The van der Waals surface area contributed by atoms with Gasteiger partial charge in [-0.1, -0.05) is 152 Å². The van der Waals surface area contributed by atoms with Gasteiger partial charge in [-0.3, -0.25) is 0 Å². The Balaban J connectivity index is 1.04. The van der Waals surface area contributed by atoms with Crippen molar-refractivity contribution in [1.29, 1.82) is 0 Å². The molecular weight excluding hydrogens is 571 g/mol. The summed E-state index contributed by atoms with van der Waals surface area (Å²) in [6.45, 7) is 0. The minimum Gasteiger partial charge on any atom is -0.456 e. The van der Waals surface area contributed by atoms with Gasteiger partial charge in [-0.25, -0.2) is 4.98 Å². The summed E-state index contributed by atoms with van der Waals surface area (Å²) in [5.74, 6) is 1.82. The van der Waals surface area contributed by atoms with Crippen LogP contribution in [0.3, 0.4) is 0 Å². The number of fused-ring (bicyclic) bond motifs is 2.